The zero-order valence-electron chi connectivity index (χ0n) is 13.9. The molecular formula is C18H19ClN6O. The summed E-state index contributed by atoms with van der Waals surface area (Å²) >= 11 is 0. The molecule has 0 fully saturated rings. The molecule has 0 aromatic carbocycles. The second-order valence-electron chi connectivity index (χ2n) is 5.48. The van der Waals surface area contributed by atoms with Crippen LogP contribution in [0, 0.1) is 0 Å². The van der Waals surface area contributed by atoms with Crippen molar-refractivity contribution in [3.05, 3.63) is 72.3 Å². The van der Waals surface area contributed by atoms with Crippen LogP contribution in [0.5, 0.6) is 0 Å². The predicted molar refractivity (Wildman–Crippen MR) is 104 cm³/mol. The first-order valence-corrected chi connectivity index (χ1v) is 7.78. The van der Waals surface area contributed by atoms with Gasteiger partial charge in [0.2, 0.25) is 5.91 Å². The Morgan fingerprint density at radius 2 is 1.96 bits per heavy atom. The fourth-order valence-corrected chi connectivity index (χ4v) is 2.24. The van der Waals surface area contributed by atoms with Gasteiger partial charge < -0.3 is 16.0 Å². The molecule has 0 saturated heterocycles. The van der Waals surface area contributed by atoms with E-state index in [-0.39, 0.29) is 18.3 Å². The third-order valence-electron chi connectivity index (χ3n) is 3.52. The van der Waals surface area contributed by atoms with Crippen molar-refractivity contribution < 1.29 is 4.79 Å². The lowest BCUT2D eigenvalue weighted by molar-refractivity contribution is -0.117. The Morgan fingerprint density at radius 1 is 1.19 bits per heavy atom. The molecule has 3 rings (SSSR count). The monoisotopic (exact) mass is 370 g/mol. The summed E-state index contributed by atoms with van der Waals surface area (Å²) in [6.45, 7) is 0. The van der Waals surface area contributed by atoms with Gasteiger partial charge in [0, 0.05) is 31.2 Å². The normalized spacial score (nSPS) is 11.7. The number of hydrogen-bond acceptors (Lipinski definition) is 5. The lowest BCUT2D eigenvalue weighted by atomic mass is 10.1. The number of rotatable bonds is 6. The highest BCUT2D eigenvalue weighted by Gasteiger charge is 2.15. The van der Waals surface area contributed by atoms with E-state index in [9.17, 15) is 4.79 Å². The van der Waals surface area contributed by atoms with Crippen LogP contribution in [0.4, 0.5) is 5.69 Å². The van der Waals surface area contributed by atoms with E-state index in [4.69, 9.17) is 5.73 Å². The summed E-state index contributed by atoms with van der Waals surface area (Å²) in [5.41, 5.74) is 9.17. The molecule has 134 valence electrons. The summed E-state index contributed by atoms with van der Waals surface area (Å²) in [6.07, 6.45) is 14.3. The van der Waals surface area contributed by atoms with Crippen LogP contribution in [0.2, 0.25) is 0 Å². The number of carbonyl (C=O) groups excluding carboxylic acids is 1. The average Bonchev–Trinajstić information content (AvgIpc) is 3.14. The number of nitrogens with one attached hydrogen (secondary N) is 2. The highest BCUT2D eigenvalue weighted by atomic mass is 35.5. The van der Waals surface area contributed by atoms with Gasteiger partial charge in [-0.1, -0.05) is 12.2 Å². The molecule has 1 atom stereocenters. The number of carbonyl (C=O) groups is 1. The van der Waals surface area contributed by atoms with Gasteiger partial charge in [0.05, 0.1) is 29.9 Å². The van der Waals surface area contributed by atoms with Crippen LogP contribution >= 0.6 is 12.4 Å². The molecule has 0 aliphatic rings. The van der Waals surface area contributed by atoms with Crippen molar-refractivity contribution in [3.8, 4) is 0 Å². The molecule has 3 aromatic heterocycles. The largest absolute Gasteiger partial charge is 0.351 e. The SMILES string of the molecule is Cl.N[C@@H](Cc1c[nH]cn1)C(=O)Nc1cncc(C=Cc2ccncc2)c1. The van der Waals surface area contributed by atoms with Gasteiger partial charge in [-0.2, -0.15) is 0 Å². The summed E-state index contributed by atoms with van der Waals surface area (Å²) in [6, 6.07) is 4.97. The lowest BCUT2D eigenvalue weighted by Crippen LogP contribution is -2.37. The molecule has 0 bridgehead atoms. The molecule has 0 aliphatic heterocycles. The summed E-state index contributed by atoms with van der Waals surface area (Å²) in [5, 5.41) is 2.78. The molecule has 1 amide bonds. The van der Waals surface area contributed by atoms with Crippen LogP contribution < -0.4 is 11.1 Å². The van der Waals surface area contributed by atoms with Crippen LogP contribution in [0.1, 0.15) is 16.8 Å². The van der Waals surface area contributed by atoms with Gasteiger partial charge in [-0.15, -0.1) is 12.4 Å². The van der Waals surface area contributed by atoms with Gasteiger partial charge in [0.15, 0.2) is 0 Å². The molecule has 3 aromatic rings. The number of anilines is 1. The summed E-state index contributed by atoms with van der Waals surface area (Å²) < 4.78 is 0. The van der Waals surface area contributed by atoms with E-state index >= 15 is 0 Å². The fraction of sp³-hybridized carbons (Fsp3) is 0.111. The summed E-state index contributed by atoms with van der Waals surface area (Å²) in [5.74, 6) is -0.278. The molecule has 26 heavy (non-hydrogen) atoms. The molecule has 0 saturated carbocycles. The molecule has 0 unspecified atom stereocenters. The number of nitrogens with two attached hydrogens (primary N) is 1. The van der Waals surface area contributed by atoms with Crippen LogP contribution in [-0.2, 0) is 11.2 Å². The van der Waals surface area contributed by atoms with Crippen molar-refractivity contribution in [2.75, 3.05) is 5.32 Å². The van der Waals surface area contributed by atoms with E-state index in [0.29, 0.717) is 12.1 Å². The Kier molecular flexibility index (Phi) is 7.02. The van der Waals surface area contributed by atoms with Gasteiger partial charge in [0.25, 0.3) is 0 Å². The van der Waals surface area contributed by atoms with Gasteiger partial charge >= 0.3 is 0 Å². The fourth-order valence-electron chi connectivity index (χ4n) is 2.24. The quantitative estimate of drug-likeness (QED) is 0.616. The number of aromatic amines is 1. The minimum absolute atomic E-state index is 0. The lowest BCUT2D eigenvalue weighted by Gasteiger charge is -2.11. The minimum Gasteiger partial charge on any atom is -0.351 e. The van der Waals surface area contributed by atoms with Gasteiger partial charge in [0.1, 0.15) is 0 Å². The van der Waals surface area contributed by atoms with Crippen molar-refractivity contribution >= 4 is 36.2 Å². The maximum atomic E-state index is 12.2. The van der Waals surface area contributed by atoms with E-state index in [2.05, 4.69) is 25.3 Å². The predicted octanol–water partition coefficient (Wildman–Crippen LogP) is 2.30. The Morgan fingerprint density at radius 3 is 2.69 bits per heavy atom. The standard InChI is InChI=1S/C18H18N6O.ClH/c19-17(8-15-10-22-12-23-15)18(25)24-16-7-14(9-21-11-16)2-1-13-3-5-20-6-4-13;/h1-7,9-12,17H,8,19H2,(H,22,23)(H,24,25);1H/t17-;/m0./s1. The number of aromatic nitrogens is 4. The Hall–Kier alpha value is -3.03. The first kappa shape index (κ1) is 19.3. The van der Waals surface area contributed by atoms with Crippen LogP contribution in [-0.4, -0.2) is 31.9 Å². The number of nitrogens with zero attached hydrogens (tertiary/aromatic N) is 3. The molecule has 0 aliphatic carbocycles. The number of pyridine rings is 2. The first-order chi connectivity index (χ1) is 12.2. The van der Waals surface area contributed by atoms with Gasteiger partial charge in [-0.25, -0.2) is 4.98 Å². The van der Waals surface area contributed by atoms with E-state index < -0.39 is 6.04 Å². The van der Waals surface area contributed by atoms with Crippen LogP contribution in [0.15, 0.2) is 55.5 Å². The smallest absolute Gasteiger partial charge is 0.241 e. The Bertz CT molecular complexity index is 851. The molecule has 0 spiro atoms. The van der Waals surface area contributed by atoms with Crippen molar-refractivity contribution in [2.24, 2.45) is 5.73 Å². The number of H-pyrrole nitrogens is 1. The third kappa shape index (κ3) is 5.51. The van der Waals surface area contributed by atoms with E-state index in [0.717, 1.165) is 16.8 Å². The number of halogens is 1. The maximum Gasteiger partial charge on any atom is 0.241 e. The van der Waals surface area contributed by atoms with Gasteiger partial charge in [-0.3, -0.25) is 14.8 Å². The maximum absolute atomic E-state index is 12.2. The Labute approximate surface area is 157 Å². The number of imidazole rings is 1. The first-order valence-electron chi connectivity index (χ1n) is 7.78. The van der Waals surface area contributed by atoms with Gasteiger partial charge in [-0.05, 0) is 29.3 Å². The van der Waals surface area contributed by atoms with Crippen molar-refractivity contribution in [2.45, 2.75) is 12.5 Å². The third-order valence-corrected chi connectivity index (χ3v) is 3.52. The zero-order chi connectivity index (χ0) is 17.5. The average molecular weight is 371 g/mol. The summed E-state index contributed by atoms with van der Waals surface area (Å²) in [7, 11) is 0. The van der Waals surface area contributed by atoms with E-state index in [1.165, 1.54) is 0 Å². The molecule has 3 heterocycles. The second-order valence-corrected chi connectivity index (χ2v) is 5.48. The van der Waals surface area contributed by atoms with Crippen molar-refractivity contribution in [1.82, 2.24) is 19.9 Å². The number of hydrogen-bond donors (Lipinski definition) is 3. The molecule has 0 radical (unpaired) electrons. The Balaban J connectivity index is 0.00000243. The van der Waals surface area contributed by atoms with E-state index in [1.807, 2.05) is 30.4 Å². The molecule has 7 nitrogen and oxygen atoms in total. The zero-order valence-corrected chi connectivity index (χ0v) is 14.7. The van der Waals surface area contributed by atoms with Crippen LogP contribution in [0.25, 0.3) is 12.2 Å². The van der Waals surface area contributed by atoms with Crippen molar-refractivity contribution in [1.29, 1.82) is 0 Å². The van der Waals surface area contributed by atoms with Crippen molar-refractivity contribution in [3.63, 3.8) is 0 Å². The number of amides is 1. The van der Waals surface area contributed by atoms with E-state index in [1.54, 1.807) is 37.3 Å². The molecular weight excluding hydrogens is 352 g/mol. The summed E-state index contributed by atoms with van der Waals surface area (Å²) in [4.78, 5) is 27.2. The molecule has 4 N–H and O–H groups in total. The highest BCUT2D eigenvalue weighted by molar-refractivity contribution is 5.95. The van der Waals surface area contributed by atoms with Crippen LogP contribution in [0.3, 0.4) is 0 Å². The molecule has 8 heteroatoms. The topological polar surface area (TPSA) is 110 Å². The second kappa shape index (κ2) is 9.45. The minimum atomic E-state index is -0.681. The highest BCUT2D eigenvalue weighted by Crippen LogP contribution is 2.12.